The fourth-order valence-electron chi connectivity index (χ4n) is 1.55. The molecule has 2 aromatic heterocycles. The lowest BCUT2D eigenvalue weighted by Crippen LogP contribution is -2.17. The highest BCUT2D eigenvalue weighted by atomic mass is 16.5. The van der Waals surface area contributed by atoms with Crippen molar-refractivity contribution < 1.29 is 4.52 Å². The van der Waals surface area contributed by atoms with Crippen molar-refractivity contribution >= 4 is 0 Å². The van der Waals surface area contributed by atoms with Crippen LogP contribution in [0.1, 0.15) is 5.76 Å². The number of terminal acetylenes is 1. The number of nitrogens with zero attached hydrogens (tertiary/aromatic N) is 4. The third-order valence-electron chi connectivity index (χ3n) is 2.35. The quantitative estimate of drug-likeness (QED) is 0.739. The zero-order chi connectivity index (χ0) is 12.3. The van der Waals surface area contributed by atoms with Crippen LogP contribution in [-0.2, 0) is 13.6 Å². The van der Waals surface area contributed by atoms with Gasteiger partial charge in [0.25, 0.3) is 0 Å². The Kier molecular flexibility index (Phi) is 3.26. The minimum atomic E-state index is 0.586. The van der Waals surface area contributed by atoms with Crippen molar-refractivity contribution in [3.63, 3.8) is 0 Å². The SMILES string of the molecule is C#CCN(C)Cc1cc(-c2cnn(C)c2)no1. The molecule has 88 valence electrons. The second kappa shape index (κ2) is 4.85. The van der Waals surface area contributed by atoms with E-state index in [2.05, 4.69) is 16.2 Å². The fourth-order valence-corrected chi connectivity index (χ4v) is 1.55. The first-order chi connectivity index (χ1) is 8.19. The molecule has 0 radical (unpaired) electrons. The van der Waals surface area contributed by atoms with Gasteiger partial charge in [0, 0.05) is 24.9 Å². The summed E-state index contributed by atoms with van der Waals surface area (Å²) in [7, 11) is 3.80. The molecule has 0 aliphatic heterocycles. The Morgan fingerprint density at radius 3 is 3.06 bits per heavy atom. The maximum Gasteiger partial charge on any atom is 0.151 e. The minimum absolute atomic E-state index is 0.586. The van der Waals surface area contributed by atoms with Gasteiger partial charge in [0.05, 0.1) is 19.3 Å². The number of aryl methyl sites for hydroxylation is 1. The Balaban J connectivity index is 2.09. The molecule has 0 aliphatic rings. The summed E-state index contributed by atoms with van der Waals surface area (Å²) in [5, 5.41) is 8.10. The highest BCUT2D eigenvalue weighted by molar-refractivity contribution is 5.56. The average molecular weight is 230 g/mol. The summed E-state index contributed by atoms with van der Waals surface area (Å²) in [6.07, 6.45) is 8.89. The van der Waals surface area contributed by atoms with Gasteiger partial charge >= 0.3 is 0 Å². The van der Waals surface area contributed by atoms with E-state index in [1.165, 1.54) is 0 Å². The van der Waals surface area contributed by atoms with Gasteiger partial charge in [-0.05, 0) is 7.05 Å². The minimum Gasteiger partial charge on any atom is -0.359 e. The van der Waals surface area contributed by atoms with Crippen molar-refractivity contribution in [2.24, 2.45) is 7.05 Å². The van der Waals surface area contributed by atoms with E-state index < -0.39 is 0 Å². The summed E-state index contributed by atoms with van der Waals surface area (Å²) >= 11 is 0. The monoisotopic (exact) mass is 230 g/mol. The second-order valence-corrected chi connectivity index (χ2v) is 3.96. The summed E-state index contributed by atoms with van der Waals surface area (Å²) in [6, 6.07) is 1.91. The van der Waals surface area contributed by atoms with Crippen LogP contribution in [0.4, 0.5) is 0 Å². The molecule has 0 amide bonds. The molecule has 0 aliphatic carbocycles. The molecule has 0 N–H and O–H groups in total. The average Bonchev–Trinajstić information content (AvgIpc) is 2.87. The van der Waals surface area contributed by atoms with Gasteiger partial charge in [-0.1, -0.05) is 11.1 Å². The van der Waals surface area contributed by atoms with Gasteiger partial charge in [0.1, 0.15) is 5.69 Å². The van der Waals surface area contributed by atoms with Crippen LogP contribution in [0.3, 0.4) is 0 Å². The Hall–Kier alpha value is -2.06. The third-order valence-corrected chi connectivity index (χ3v) is 2.35. The molecule has 2 rings (SSSR count). The predicted octanol–water partition coefficient (Wildman–Crippen LogP) is 1.14. The first kappa shape index (κ1) is 11.4. The van der Waals surface area contributed by atoms with Crippen molar-refractivity contribution in [3.8, 4) is 23.6 Å². The molecular formula is C12H14N4O. The topological polar surface area (TPSA) is 47.1 Å². The van der Waals surface area contributed by atoms with Crippen LogP contribution >= 0.6 is 0 Å². The summed E-state index contributed by atoms with van der Waals surface area (Å²) in [6.45, 7) is 1.24. The van der Waals surface area contributed by atoms with Crippen molar-refractivity contribution in [2.75, 3.05) is 13.6 Å². The number of hydrogen-bond acceptors (Lipinski definition) is 4. The smallest absolute Gasteiger partial charge is 0.151 e. The van der Waals surface area contributed by atoms with E-state index in [0.29, 0.717) is 13.1 Å². The van der Waals surface area contributed by atoms with Crippen LogP contribution in [0.15, 0.2) is 23.0 Å². The molecule has 0 saturated carbocycles. The number of rotatable bonds is 4. The van der Waals surface area contributed by atoms with Gasteiger partial charge in [-0.25, -0.2) is 0 Å². The first-order valence-corrected chi connectivity index (χ1v) is 5.25. The molecule has 5 heteroatoms. The fraction of sp³-hybridized carbons (Fsp3) is 0.333. The lowest BCUT2D eigenvalue weighted by Gasteiger charge is -2.09. The lowest BCUT2D eigenvalue weighted by molar-refractivity contribution is 0.295. The first-order valence-electron chi connectivity index (χ1n) is 5.25. The molecule has 0 atom stereocenters. The maximum absolute atomic E-state index is 5.25. The summed E-state index contributed by atoms with van der Waals surface area (Å²) in [5.74, 6) is 3.37. The van der Waals surface area contributed by atoms with Crippen LogP contribution in [-0.4, -0.2) is 33.4 Å². The molecule has 0 saturated heterocycles. The molecule has 0 aromatic carbocycles. The van der Waals surface area contributed by atoms with Crippen molar-refractivity contribution in [3.05, 3.63) is 24.2 Å². The standard InChI is InChI=1S/C12H14N4O/c1-4-5-15(2)9-11-6-12(14-17-11)10-7-13-16(3)8-10/h1,6-8H,5,9H2,2-3H3. The normalized spacial score (nSPS) is 10.7. The van der Waals surface area contributed by atoms with E-state index in [9.17, 15) is 0 Å². The molecule has 0 unspecified atom stereocenters. The van der Waals surface area contributed by atoms with Gasteiger partial charge in [-0.15, -0.1) is 6.42 Å². The lowest BCUT2D eigenvalue weighted by atomic mass is 10.2. The third kappa shape index (κ3) is 2.74. The van der Waals surface area contributed by atoms with Crippen molar-refractivity contribution in [1.82, 2.24) is 19.8 Å². The predicted molar refractivity (Wildman–Crippen MR) is 63.9 cm³/mol. The van der Waals surface area contributed by atoms with E-state index >= 15 is 0 Å². The van der Waals surface area contributed by atoms with E-state index in [-0.39, 0.29) is 0 Å². The van der Waals surface area contributed by atoms with Crippen LogP contribution in [0.25, 0.3) is 11.3 Å². The Labute approximate surface area is 100 Å². The Morgan fingerprint density at radius 2 is 2.41 bits per heavy atom. The van der Waals surface area contributed by atoms with E-state index in [4.69, 9.17) is 10.9 Å². The van der Waals surface area contributed by atoms with E-state index in [1.807, 2.05) is 31.3 Å². The van der Waals surface area contributed by atoms with E-state index in [0.717, 1.165) is 17.0 Å². The largest absolute Gasteiger partial charge is 0.359 e. The highest BCUT2D eigenvalue weighted by Gasteiger charge is 2.09. The second-order valence-electron chi connectivity index (χ2n) is 3.96. The van der Waals surface area contributed by atoms with Gasteiger partial charge in [-0.3, -0.25) is 9.58 Å². The number of aromatic nitrogens is 3. The zero-order valence-corrected chi connectivity index (χ0v) is 9.92. The van der Waals surface area contributed by atoms with E-state index in [1.54, 1.807) is 10.9 Å². The molecule has 0 bridgehead atoms. The summed E-state index contributed by atoms with van der Waals surface area (Å²) in [4.78, 5) is 1.98. The zero-order valence-electron chi connectivity index (χ0n) is 9.92. The summed E-state index contributed by atoms with van der Waals surface area (Å²) in [5.41, 5.74) is 1.74. The van der Waals surface area contributed by atoms with Gasteiger partial charge in [0.2, 0.25) is 0 Å². The van der Waals surface area contributed by atoms with Crippen LogP contribution in [0.5, 0.6) is 0 Å². The van der Waals surface area contributed by atoms with Crippen LogP contribution in [0.2, 0.25) is 0 Å². The van der Waals surface area contributed by atoms with Crippen molar-refractivity contribution in [1.29, 1.82) is 0 Å². The molecule has 0 spiro atoms. The molecular weight excluding hydrogens is 216 g/mol. The Morgan fingerprint density at radius 1 is 1.59 bits per heavy atom. The molecule has 2 heterocycles. The molecule has 2 aromatic rings. The maximum atomic E-state index is 5.25. The molecule has 5 nitrogen and oxygen atoms in total. The van der Waals surface area contributed by atoms with Gasteiger partial charge < -0.3 is 4.52 Å². The Bertz CT molecular complexity index is 535. The highest BCUT2D eigenvalue weighted by Crippen LogP contribution is 2.18. The van der Waals surface area contributed by atoms with Crippen molar-refractivity contribution in [2.45, 2.75) is 6.54 Å². The molecule has 17 heavy (non-hydrogen) atoms. The van der Waals surface area contributed by atoms with Crippen LogP contribution in [0, 0.1) is 12.3 Å². The molecule has 0 fully saturated rings. The summed E-state index contributed by atoms with van der Waals surface area (Å²) < 4.78 is 6.98. The number of hydrogen-bond donors (Lipinski definition) is 0. The van der Waals surface area contributed by atoms with Crippen LogP contribution < -0.4 is 0 Å². The van der Waals surface area contributed by atoms with Gasteiger partial charge in [0.15, 0.2) is 5.76 Å². The van der Waals surface area contributed by atoms with Gasteiger partial charge in [-0.2, -0.15) is 5.10 Å².